The van der Waals surface area contributed by atoms with Gasteiger partial charge in [-0.25, -0.2) is 9.78 Å². The van der Waals surface area contributed by atoms with Crippen LogP contribution in [-0.2, 0) is 38.4 Å². The lowest BCUT2D eigenvalue weighted by atomic mass is 10.0. The van der Waals surface area contributed by atoms with Gasteiger partial charge in [0.25, 0.3) is 0 Å². The van der Waals surface area contributed by atoms with Gasteiger partial charge in [0, 0.05) is 71.9 Å². The number of nitrogens with one attached hydrogen (secondary N) is 5. The first kappa shape index (κ1) is 30.6. The fourth-order valence-corrected chi connectivity index (χ4v) is 6.23. The number of aliphatic carboxylic acids is 1. The maximum absolute atomic E-state index is 13.8. The summed E-state index contributed by atoms with van der Waals surface area (Å²) >= 11 is 0. The van der Waals surface area contributed by atoms with Gasteiger partial charge >= 0.3 is 5.97 Å². The number of hydrogen-bond acceptors (Lipinski definition) is 6. The van der Waals surface area contributed by atoms with Crippen LogP contribution in [-0.4, -0.2) is 84.3 Å². The molecule has 1 aliphatic rings. The number of aromatic amines is 3. The first-order valence-corrected chi connectivity index (χ1v) is 15.3. The summed E-state index contributed by atoms with van der Waals surface area (Å²) in [4.78, 5) is 68.0. The average Bonchev–Trinajstić information content (AvgIpc) is 3.88. The van der Waals surface area contributed by atoms with E-state index in [9.17, 15) is 24.3 Å². The standard InChI is InChI=1S/C33H36N8O5/c34-24(14-21-17-35-18-38-21)32(44)41-11-5-10-29(41)31(43)39-27(12-19-15-36-25-8-3-1-6-22(19)25)30(42)40-28(33(45)46)13-20-16-37-26-9-4-2-7-23(20)26/h1-4,6-9,15-18,24,27-29,36-37H,5,10-14,34H2,(H,35,38)(H,39,43)(H,40,42)(H,45,46). The maximum atomic E-state index is 13.8. The van der Waals surface area contributed by atoms with E-state index in [4.69, 9.17) is 5.73 Å². The van der Waals surface area contributed by atoms with E-state index >= 15 is 0 Å². The van der Waals surface area contributed by atoms with Crippen molar-refractivity contribution in [3.05, 3.63) is 90.3 Å². The lowest BCUT2D eigenvalue weighted by molar-refractivity contribution is -0.143. The second-order valence-corrected chi connectivity index (χ2v) is 11.7. The molecule has 4 heterocycles. The van der Waals surface area contributed by atoms with Crippen LogP contribution in [0.1, 0.15) is 29.7 Å². The monoisotopic (exact) mass is 624 g/mol. The molecule has 8 N–H and O–H groups in total. The van der Waals surface area contributed by atoms with E-state index in [1.165, 1.54) is 11.2 Å². The number of amides is 3. The molecule has 46 heavy (non-hydrogen) atoms. The minimum Gasteiger partial charge on any atom is -0.480 e. The van der Waals surface area contributed by atoms with Crippen LogP contribution >= 0.6 is 0 Å². The van der Waals surface area contributed by atoms with Crippen molar-refractivity contribution in [3.63, 3.8) is 0 Å². The number of para-hydroxylation sites is 2. The number of benzene rings is 2. The van der Waals surface area contributed by atoms with Gasteiger partial charge < -0.3 is 41.3 Å². The fourth-order valence-electron chi connectivity index (χ4n) is 6.23. The molecule has 1 fully saturated rings. The molecule has 0 radical (unpaired) electrons. The molecule has 3 amide bonds. The van der Waals surface area contributed by atoms with Crippen LogP contribution in [0.4, 0.5) is 0 Å². The van der Waals surface area contributed by atoms with E-state index in [0.29, 0.717) is 25.1 Å². The average molecular weight is 625 g/mol. The van der Waals surface area contributed by atoms with Crippen molar-refractivity contribution in [3.8, 4) is 0 Å². The number of carbonyl (C=O) groups is 4. The quantitative estimate of drug-likeness (QED) is 0.110. The molecule has 13 nitrogen and oxygen atoms in total. The molecule has 13 heteroatoms. The molecule has 1 saturated heterocycles. The first-order valence-electron chi connectivity index (χ1n) is 15.3. The van der Waals surface area contributed by atoms with Crippen LogP contribution in [0.2, 0.25) is 0 Å². The number of imidazole rings is 1. The normalized spacial score (nSPS) is 16.7. The van der Waals surface area contributed by atoms with Crippen LogP contribution in [0.25, 0.3) is 21.8 Å². The highest BCUT2D eigenvalue weighted by Crippen LogP contribution is 2.23. The molecule has 0 aliphatic carbocycles. The third-order valence-corrected chi connectivity index (χ3v) is 8.60. The number of aromatic nitrogens is 4. The Hall–Kier alpha value is -5.43. The Labute approximate surface area is 263 Å². The van der Waals surface area contributed by atoms with Crippen LogP contribution in [0.5, 0.6) is 0 Å². The zero-order valence-electron chi connectivity index (χ0n) is 25.0. The van der Waals surface area contributed by atoms with Crippen molar-refractivity contribution >= 4 is 45.5 Å². The molecule has 2 aromatic carbocycles. The van der Waals surface area contributed by atoms with Crippen molar-refractivity contribution in [2.24, 2.45) is 5.73 Å². The Bertz CT molecular complexity index is 1860. The fraction of sp³-hybridized carbons (Fsp3) is 0.303. The summed E-state index contributed by atoms with van der Waals surface area (Å²) in [5, 5.41) is 17.3. The predicted molar refractivity (Wildman–Crippen MR) is 171 cm³/mol. The summed E-state index contributed by atoms with van der Waals surface area (Å²) in [5.74, 6) is -2.70. The Kier molecular flexibility index (Phi) is 8.83. The number of H-pyrrole nitrogens is 3. The number of likely N-dealkylation sites (tertiary alicyclic amines) is 1. The smallest absolute Gasteiger partial charge is 0.326 e. The number of nitrogens with two attached hydrogens (primary N) is 1. The zero-order chi connectivity index (χ0) is 32.2. The van der Waals surface area contributed by atoms with Gasteiger partial charge in [-0.2, -0.15) is 0 Å². The predicted octanol–water partition coefficient (Wildman–Crippen LogP) is 1.77. The molecule has 0 spiro atoms. The molecule has 1 aliphatic heterocycles. The molecule has 0 bridgehead atoms. The lowest BCUT2D eigenvalue weighted by Gasteiger charge is -2.28. The molecule has 238 valence electrons. The van der Waals surface area contributed by atoms with Gasteiger partial charge in [0.2, 0.25) is 17.7 Å². The van der Waals surface area contributed by atoms with Crippen molar-refractivity contribution in [1.29, 1.82) is 0 Å². The SMILES string of the molecule is NC(Cc1cnc[nH]1)C(=O)N1CCCC1C(=O)NC(Cc1c[nH]c2ccccc12)C(=O)NC(Cc1c[nH]c2ccccc12)C(=O)O. The highest BCUT2D eigenvalue weighted by molar-refractivity contribution is 5.95. The van der Waals surface area contributed by atoms with Gasteiger partial charge in [0.1, 0.15) is 18.1 Å². The number of fused-ring (bicyclic) bond motifs is 2. The van der Waals surface area contributed by atoms with Crippen LogP contribution in [0, 0.1) is 0 Å². The maximum Gasteiger partial charge on any atom is 0.326 e. The Balaban J connectivity index is 1.21. The molecule has 5 aromatic rings. The number of carboxylic acid groups (broad SMARTS) is 1. The Morgan fingerprint density at radius 2 is 1.52 bits per heavy atom. The number of rotatable bonds is 12. The molecular weight excluding hydrogens is 588 g/mol. The summed E-state index contributed by atoms with van der Waals surface area (Å²) in [6, 6.07) is 11.0. The van der Waals surface area contributed by atoms with Gasteiger partial charge in [0.05, 0.1) is 12.4 Å². The molecule has 6 rings (SSSR count). The van der Waals surface area contributed by atoms with Crippen LogP contribution in [0.15, 0.2) is 73.4 Å². The lowest BCUT2D eigenvalue weighted by Crippen LogP contribution is -2.57. The summed E-state index contributed by atoms with van der Waals surface area (Å²) in [5.41, 5.74) is 10.2. The molecule has 4 unspecified atom stereocenters. The van der Waals surface area contributed by atoms with Gasteiger partial charge in [-0.15, -0.1) is 0 Å². The number of nitrogens with zero attached hydrogens (tertiary/aromatic N) is 2. The second-order valence-electron chi connectivity index (χ2n) is 11.7. The van der Waals surface area contributed by atoms with Crippen molar-refractivity contribution < 1.29 is 24.3 Å². The second kappa shape index (κ2) is 13.3. The zero-order valence-corrected chi connectivity index (χ0v) is 25.0. The number of hydrogen-bond donors (Lipinski definition) is 7. The molecular formula is C33H36N8O5. The van der Waals surface area contributed by atoms with Crippen LogP contribution < -0.4 is 16.4 Å². The number of carboxylic acids is 1. The van der Waals surface area contributed by atoms with E-state index in [1.807, 2.05) is 48.5 Å². The minimum absolute atomic E-state index is 0.0396. The summed E-state index contributed by atoms with van der Waals surface area (Å²) in [6.45, 7) is 0.360. The van der Waals surface area contributed by atoms with E-state index in [0.717, 1.165) is 32.9 Å². The summed E-state index contributed by atoms with van der Waals surface area (Å²) in [6.07, 6.45) is 8.00. The van der Waals surface area contributed by atoms with E-state index < -0.39 is 42.0 Å². The largest absolute Gasteiger partial charge is 0.480 e. The van der Waals surface area contributed by atoms with Gasteiger partial charge in [-0.05, 0) is 36.1 Å². The summed E-state index contributed by atoms with van der Waals surface area (Å²) < 4.78 is 0. The molecule has 0 saturated carbocycles. The van der Waals surface area contributed by atoms with Crippen molar-refractivity contribution in [2.75, 3.05) is 6.54 Å². The van der Waals surface area contributed by atoms with Gasteiger partial charge in [-0.1, -0.05) is 36.4 Å². The molecule has 3 aromatic heterocycles. The molecule has 4 atom stereocenters. The third-order valence-electron chi connectivity index (χ3n) is 8.60. The minimum atomic E-state index is -1.25. The number of carbonyl (C=O) groups excluding carboxylic acids is 3. The Morgan fingerprint density at radius 3 is 2.13 bits per heavy atom. The highest BCUT2D eigenvalue weighted by Gasteiger charge is 2.38. The van der Waals surface area contributed by atoms with Crippen molar-refractivity contribution in [1.82, 2.24) is 35.5 Å². The first-order chi connectivity index (χ1) is 22.3. The Morgan fingerprint density at radius 1 is 0.891 bits per heavy atom. The van der Waals surface area contributed by atoms with Crippen LogP contribution in [0.3, 0.4) is 0 Å². The van der Waals surface area contributed by atoms with Gasteiger partial charge in [-0.3, -0.25) is 14.4 Å². The van der Waals surface area contributed by atoms with Crippen molar-refractivity contribution in [2.45, 2.75) is 56.3 Å². The topological polar surface area (TPSA) is 202 Å². The van der Waals surface area contributed by atoms with Gasteiger partial charge in [0.15, 0.2) is 0 Å². The van der Waals surface area contributed by atoms with E-state index in [-0.39, 0.29) is 25.2 Å². The third kappa shape index (κ3) is 6.49. The van der Waals surface area contributed by atoms with E-state index in [1.54, 1.807) is 18.6 Å². The van der Waals surface area contributed by atoms with E-state index in [2.05, 4.69) is 30.6 Å². The highest BCUT2D eigenvalue weighted by atomic mass is 16.4. The summed E-state index contributed by atoms with van der Waals surface area (Å²) in [7, 11) is 0.